The summed E-state index contributed by atoms with van der Waals surface area (Å²) >= 11 is 0. The summed E-state index contributed by atoms with van der Waals surface area (Å²) in [6, 6.07) is 6.10. The highest BCUT2D eigenvalue weighted by Gasteiger charge is 2.33. The van der Waals surface area contributed by atoms with Crippen molar-refractivity contribution in [2.24, 2.45) is 4.99 Å². The number of nitrogens with one attached hydrogen (secondary N) is 2. The molecule has 0 fully saturated rings. The number of alkyl halides is 3. The maximum Gasteiger partial charge on any atom is 0.416 e. The van der Waals surface area contributed by atoms with Crippen molar-refractivity contribution in [3.05, 3.63) is 59.0 Å². The number of halogens is 4. The van der Waals surface area contributed by atoms with E-state index in [1.165, 1.54) is 0 Å². The SMILES string of the molecule is CCNC(=NCc1ccc(OCCOC)nc1)NCc1ccc(F)cc1C(F)(F)F. The van der Waals surface area contributed by atoms with Gasteiger partial charge in [0.05, 0.1) is 18.7 Å². The first-order chi connectivity index (χ1) is 14.3. The molecule has 0 aliphatic heterocycles. The van der Waals surface area contributed by atoms with Gasteiger partial charge in [-0.15, -0.1) is 0 Å². The summed E-state index contributed by atoms with van der Waals surface area (Å²) in [4.78, 5) is 8.52. The van der Waals surface area contributed by atoms with E-state index < -0.39 is 17.6 Å². The minimum Gasteiger partial charge on any atom is -0.475 e. The van der Waals surface area contributed by atoms with Crippen molar-refractivity contribution in [1.29, 1.82) is 0 Å². The molecule has 0 aliphatic rings. The fourth-order valence-corrected chi connectivity index (χ4v) is 2.48. The van der Waals surface area contributed by atoms with Crippen molar-refractivity contribution in [2.75, 3.05) is 26.9 Å². The van der Waals surface area contributed by atoms with Gasteiger partial charge in [-0.3, -0.25) is 0 Å². The first-order valence-corrected chi connectivity index (χ1v) is 9.28. The Morgan fingerprint density at radius 2 is 1.93 bits per heavy atom. The van der Waals surface area contributed by atoms with Gasteiger partial charge in [0, 0.05) is 32.5 Å². The monoisotopic (exact) mass is 428 g/mol. The summed E-state index contributed by atoms with van der Waals surface area (Å²) in [5.41, 5.74) is -0.295. The quantitative estimate of drug-likeness (QED) is 0.277. The van der Waals surface area contributed by atoms with Gasteiger partial charge in [0.2, 0.25) is 5.88 Å². The molecule has 1 aromatic heterocycles. The van der Waals surface area contributed by atoms with Gasteiger partial charge in [-0.1, -0.05) is 12.1 Å². The lowest BCUT2D eigenvalue weighted by molar-refractivity contribution is -0.138. The van der Waals surface area contributed by atoms with Crippen LogP contribution in [0.5, 0.6) is 5.88 Å². The third-order valence-electron chi connectivity index (χ3n) is 3.92. The van der Waals surface area contributed by atoms with Crippen LogP contribution in [0.1, 0.15) is 23.6 Å². The van der Waals surface area contributed by atoms with Crippen LogP contribution in [0.2, 0.25) is 0 Å². The molecule has 30 heavy (non-hydrogen) atoms. The number of pyridine rings is 1. The van der Waals surface area contributed by atoms with E-state index >= 15 is 0 Å². The number of aromatic nitrogens is 1. The van der Waals surface area contributed by atoms with Crippen molar-refractivity contribution < 1.29 is 27.0 Å². The van der Waals surface area contributed by atoms with Crippen LogP contribution in [-0.2, 0) is 24.0 Å². The number of hydrogen-bond donors (Lipinski definition) is 2. The molecular weight excluding hydrogens is 404 g/mol. The molecule has 0 unspecified atom stereocenters. The Labute approximate surface area is 172 Å². The molecule has 1 aromatic carbocycles. The van der Waals surface area contributed by atoms with E-state index in [-0.39, 0.29) is 18.7 Å². The molecule has 2 rings (SSSR count). The lowest BCUT2D eigenvalue weighted by Gasteiger charge is -2.16. The number of aliphatic imine (C=N–C) groups is 1. The Balaban J connectivity index is 2.02. The second-order valence-corrected chi connectivity index (χ2v) is 6.19. The molecule has 2 aromatic rings. The highest BCUT2D eigenvalue weighted by Crippen LogP contribution is 2.32. The number of rotatable bonds is 9. The van der Waals surface area contributed by atoms with Crippen LogP contribution >= 0.6 is 0 Å². The van der Waals surface area contributed by atoms with Gasteiger partial charge in [-0.05, 0) is 30.2 Å². The maximum atomic E-state index is 13.2. The molecule has 0 aliphatic carbocycles. The van der Waals surface area contributed by atoms with Crippen molar-refractivity contribution >= 4 is 5.96 Å². The lowest BCUT2D eigenvalue weighted by Crippen LogP contribution is -2.37. The fraction of sp³-hybridized carbons (Fsp3) is 0.400. The van der Waals surface area contributed by atoms with Gasteiger partial charge in [0.25, 0.3) is 0 Å². The van der Waals surface area contributed by atoms with Gasteiger partial charge >= 0.3 is 6.18 Å². The van der Waals surface area contributed by atoms with E-state index in [0.29, 0.717) is 37.7 Å². The predicted octanol–water partition coefficient (Wildman–Crippen LogP) is 3.52. The second kappa shape index (κ2) is 11.3. The lowest BCUT2D eigenvalue weighted by atomic mass is 10.1. The van der Waals surface area contributed by atoms with Crippen LogP contribution in [0, 0.1) is 5.82 Å². The van der Waals surface area contributed by atoms with Gasteiger partial charge < -0.3 is 20.1 Å². The number of hydrogen-bond acceptors (Lipinski definition) is 4. The van der Waals surface area contributed by atoms with Crippen LogP contribution < -0.4 is 15.4 Å². The Morgan fingerprint density at radius 1 is 1.13 bits per heavy atom. The Bertz CT molecular complexity index is 827. The smallest absolute Gasteiger partial charge is 0.416 e. The van der Waals surface area contributed by atoms with Crippen LogP contribution in [0.25, 0.3) is 0 Å². The zero-order chi connectivity index (χ0) is 22.0. The molecule has 164 valence electrons. The number of ether oxygens (including phenoxy) is 2. The fourth-order valence-electron chi connectivity index (χ4n) is 2.48. The summed E-state index contributed by atoms with van der Waals surface area (Å²) in [6.07, 6.45) is -3.04. The highest BCUT2D eigenvalue weighted by atomic mass is 19.4. The van der Waals surface area contributed by atoms with Crippen molar-refractivity contribution in [2.45, 2.75) is 26.2 Å². The van der Waals surface area contributed by atoms with Crippen LogP contribution in [-0.4, -0.2) is 37.8 Å². The molecule has 0 saturated carbocycles. The molecule has 0 amide bonds. The Hall–Kier alpha value is -2.88. The molecule has 2 N–H and O–H groups in total. The number of nitrogens with zero attached hydrogens (tertiary/aromatic N) is 2. The molecule has 0 bridgehead atoms. The average molecular weight is 428 g/mol. The highest BCUT2D eigenvalue weighted by molar-refractivity contribution is 5.79. The van der Waals surface area contributed by atoms with Crippen LogP contribution in [0.15, 0.2) is 41.5 Å². The van der Waals surface area contributed by atoms with Crippen molar-refractivity contribution in [1.82, 2.24) is 15.6 Å². The van der Waals surface area contributed by atoms with E-state index in [1.807, 2.05) is 6.92 Å². The van der Waals surface area contributed by atoms with Crippen molar-refractivity contribution in [3.63, 3.8) is 0 Å². The number of benzene rings is 1. The molecule has 10 heteroatoms. The third kappa shape index (κ3) is 7.51. The molecular formula is C20H24F4N4O2. The van der Waals surface area contributed by atoms with Gasteiger partial charge in [-0.2, -0.15) is 13.2 Å². The number of guanidine groups is 1. The average Bonchev–Trinajstić information content (AvgIpc) is 2.71. The Kier molecular flexibility index (Phi) is 8.85. The van der Waals surface area contributed by atoms with Gasteiger partial charge in [0.15, 0.2) is 5.96 Å². The molecule has 0 radical (unpaired) electrons. The van der Waals surface area contributed by atoms with E-state index in [2.05, 4.69) is 20.6 Å². The standard InChI is InChI=1S/C20H24F4N4O2/c1-3-25-19(27-12-14-4-7-18(26-11-14)30-9-8-29-2)28-13-15-5-6-16(21)10-17(15)20(22,23)24/h4-7,10-11H,3,8-9,12-13H2,1-2H3,(H2,25,27,28). The molecule has 1 heterocycles. The summed E-state index contributed by atoms with van der Waals surface area (Å²) in [5, 5.41) is 5.81. The molecule has 0 atom stereocenters. The summed E-state index contributed by atoms with van der Waals surface area (Å²) in [6.45, 7) is 3.30. The minimum atomic E-state index is -4.65. The molecule has 0 spiro atoms. The first kappa shape index (κ1) is 23.4. The number of methoxy groups -OCH3 is 1. The summed E-state index contributed by atoms with van der Waals surface area (Å²) in [7, 11) is 1.58. The zero-order valence-corrected chi connectivity index (χ0v) is 16.7. The first-order valence-electron chi connectivity index (χ1n) is 9.28. The predicted molar refractivity (Wildman–Crippen MR) is 105 cm³/mol. The summed E-state index contributed by atoms with van der Waals surface area (Å²) in [5.74, 6) is -0.148. The van der Waals surface area contributed by atoms with Gasteiger partial charge in [-0.25, -0.2) is 14.4 Å². The second-order valence-electron chi connectivity index (χ2n) is 6.19. The normalized spacial score (nSPS) is 12.0. The topological polar surface area (TPSA) is 67.8 Å². The third-order valence-corrected chi connectivity index (χ3v) is 3.92. The van der Waals surface area contributed by atoms with E-state index in [0.717, 1.165) is 17.7 Å². The Morgan fingerprint density at radius 3 is 2.57 bits per heavy atom. The molecule has 6 nitrogen and oxygen atoms in total. The largest absolute Gasteiger partial charge is 0.475 e. The van der Waals surface area contributed by atoms with E-state index in [9.17, 15) is 17.6 Å². The van der Waals surface area contributed by atoms with Crippen molar-refractivity contribution in [3.8, 4) is 5.88 Å². The zero-order valence-electron chi connectivity index (χ0n) is 16.7. The van der Waals surface area contributed by atoms with E-state index in [1.54, 1.807) is 25.4 Å². The van der Waals surface area contributed by atoms with Gasteiger partial charge in [0.1, 0.15) is 12.4 Å². The maximum absolute atomic E-state index is 13.2. The summed E-state index contributed by atoms with van der Waals surface area (Å²) < 4.78 is 62.9. The van der Waals surface area contributed by atoms with E-state index in [4.69, 9.17) is 9.47 Å². The molecule has 0 saturated heterocycles. The van der Waals surface area contributed by atoms with Crippen LogP contribution in [0.3, 0.4) is 0 Å². The minimum absolute atomic E-state index is 0.0752. The van der Waals surface area contributed by atoms with Crippen LogP contribution in [0.4, 0.5) is 17.6 Å².